The molecule has 0 unspecified atom stereocenters. The van der Waals surface area contributed by atoms with Crippen LogP contribution in [0.4, 0.5) is 8.78 Å². The maximum Gasteiger partial charge on any atom is 0.387 e. The predicted octanol–water partition coefficient (Wildman–Crippen LogP) is 4.72. The van der Waals surface area contributed by atoms with Crippen molar-refractivity contribution in [2.45, 2.75) is 20.0 Å². The molecule has 0 aliphatic carbocycles. The number of rotatable bonds is 10. The summed E-state index contributed by atoms with van der Waals surface area (Å²) in [6, 6.07) is 10.2. The van der Waals surface area contributed by atoms with E-state index in [-0.39, 0.29) is 17.4 Å². The Kier molecular flexibility index (Phi) is 8.05. The molecule has 0 aliphatic heterocycles. The van der Waals surface area contributed by atoms with Gasteiger partial charge in [-0.15, -0.1) is 11.3 Å². The Labute approximate surface area is 194 Å². The number of hydrogen-bond donors (Lipinski definition) is 1. The third-order valence-corrected chi connectivity index (χ3v) is 5.98. The van der Waals surface area contributed by atoms with E-state index in [2.05, 4.69) is 15.0 Å². The Bertz CT molecular complexity index is 1120. The van der Waals surface area contributed by atoms with Crippen LogP contribution < -0.4 is 24.3 Å². The molecule has 0 spiro atoms. The number of aromatic nitrogens is 1. The molecule has 1 amide bonds. The second-order valence-electron chi connectivity index (χ2n) is 6.87. The first-order valence-corrected chi connectivity index (χ1v) is 10.8. The number of ether oxygens (including phenoxy) is 4. The molecule has 10 heteroatoms. The van der Waals surface area contributed by atoms with Crippen molar-refractivity contribution < 1.29 is 32.5 Å². The summed E-state index contributed by atoms with van der Waals surface area (Å²) in [7, 11) is 4.49. The summed E-state index contributed by atoms with van der Waals surface area (Å²) in [6.45, 7) is -0.877. The van der Waals surface area contributed by atoms with E-state index in [4.69, 9.17) is 14.2 Å². The molecule has 0 fully saturated rings. The van der Waals surface area contributed by atoms with Crippen LogP contribution in [0.2, 0.25) is 0 Å². The van der Waals surface area contributed by atoms with E-state index < -0.39 is 6.61 Å². The Hall–Kier alpha value is -3.40. The third kappa shape index (κ3) is 5.89. The Morgan fingerprint density at radius 2 is 1.67 bits per heavy atom. The van der Waals surface area contributed by atoms with Gasteiger partial charge in [-0.05, 0) is 49.2 Å². The molecule has 3 rings (SSSR count). The minimum absolute atomic E-state index is 0.0470. The van der Waals surface area contributed by atoms with Crippen LogP contribution in [0, 0.1) is 6.92 Å². The normalized spacial score (nSPS) is 10.8. The number of carbonyl (C=O) groups is 1. The molecule has 7 nitrogen and oxygen atoms in total. The summed E-state index contributed by atoms with van der Waals surface area (Å²) >= 11 is 1.27. The topological polar surface area (TPSA) is 78.9 Å². The molecule has 1 heterocycles. The third-order valence-electron chi connectivity index (χ3n) is 4.78. The van der Waals surface area contributed by atoms with E-state index in [0.29, 0.717) is 40.0 Å². The molecule has 2 aromatic carbocycles. The number of amides is 1. The van der Waals surface area contributed by atoms with Gasteiger partial charge in [0.15, 0.2) is 23.0 Å². The number of benzene rings is 2. The molecule has 3 aromatic rings. The second kappa shape index (κ2) is 11.0. The maximum absolute atomic E-state index is 12.7. The van der Waals surface area contributed by atoms with E-state index in [9.17, 15) is 13.6 Å². The highest BCUT2D eigenvalue weighted by molar-refractivity contribution is 7.17. The number of carbonyl (C=O) groups excluding carboxylic acids is 1. The largest absolute Gasteiger partial charge is 0.493 e. The van der Waals surface area contributed by atoms with Crippen LogP contribution in [-0.2, 0) is 6.42 Å². The monoisotopic (exact) mass is 478 g/mol. The number of methoxy groups -OCH3 is 3. The quantitative estimate of drug-likeness (QED) is 0.454. The van der Waals surface area contributed by atoms with Crippen LogP contribution >= 0.6 is 11.3 Å². The Morgan fingerprint density at radius 1 is 1.00 bits per heavy atom. The minimum Gasteiger partial charge on any atom is -0.493 e. The molecule has 176 valence electrons. The van der Waals surface area contributed by atoms with Crippen molar-refractivity contribution in [1.29, 1.82) is 0 Å². The number of nitrogens with zero attached hydrogens (tertiary/aromatic N) is 1. The fourth-order valence-electron chi connectivity index (χ4n) is 3.17. The molecule has 1 N–H and O–H groups in total. The molecule has 1 aromatic heterocycles. The summed E-state index contributed by atoms with van der Waals surface area (Å²) in [4.78, 5) is 17.7. The van der Waals surface area contributed by atoms with Crippen molar-refractivity contribution in [3.05, 3.63) is 52.5 Å². The number of alkyl halides is 2. The summed E-state index contributed by atoms with van der Waals surface area (Å²) in [6.07, 6.45) is 0.426. The van der Waals surface area contributed by atoms with Gasteiger partial charge in [0.2, 0.25) is 0 Å². The smallest absolute Gasteiger partial charge is 0.387 e. The Morgan fingerprint density at radius 3 is 2.33 bits per heavy atom. The zero-order chi connectivity index (χ0) is 24.0. The number of halogens is 2. The van der Waals surface area contributed by atoms with Crippen LogP contribution in [0.5, 0.6) is 23.0 Å². The zero-order valence-corrected chi connectivity index (χ0v) is 19.4. The molecule has 0 aliphatic rings. The molecule has 0 saturated heterocycles. The highest BCUT2D eigenvalue weighted by Gasteiger charge is 2.17. The van der Waals surface area contributed by atoms with Gasteiger partial charge in [0.05, 0.1) is 27.0 Å². The first-order chi connectivity index (χ1) is 15.9. The van der Waals surface area contributed by atoms with Crippen molar-refractivity contribution in [1.82, 2.24) is 10.3 Å². The van der Waals surface area contributed by atoms with Crippen molar-refractivity contribution in [2.24, 2.45) is 0 Å². The summed E-state index contributed by atoms with van der Waals surface area (Å²) in [5.41, 5.74) is 2.14. The van der Waals surface area contributed by atoms with E-state index in [0.717, 1.165) is 11.1 Å². The first-order valence-electron chi connectivity index (χ1n) is 9.96. The molecule has 0 saturated carbocycles. The number of thiazole rings is 1. The zero-order valence-electron chi connectivity index (χ0n) is 18.6. The molecule has 0 bridgehead atoms. The molecule has 33 heavy (non-hydrogen) atoms. The SMILES string of the molecule is COc1ccc(-c2nc(C)c(C(=O)NCCc3ccc(OC)c(OC(F)F)c3)s2)cc1OC. The van der Waals surface area contributed by atoms with Gasteiger partial charge in [-0.1, -0.05) is 6.07 Å². The summed E-state index contributed by atoms with van der Waals surface area (Å²) in [5, 5.41) is 3.53. The van der Waals surface area contributed by atoms with Crippen molar-refractivity contribution in [3.8, 4) is 33.6 Å². The van der Waals surface area contributed by atoms with Gasteiger partial charge in [0.25, 0.3) is 5.91 Å². The van der Waals surface area contributed by atoms with E-state index in [1.54, 1.807) is 39.3 Å². The van der Waals surface area contributed by atoms with Crippen LogP contribution in [0.1, 0.15) is 20.9 Å². The highest BCUT2D eigenvalue weighted by Crippen LogP contribution is 2.35. The van der Waals surface area contributed by atoms with Gasteiger partial charge in [0.1, 0.15) is 9.88 Å². The van der Waals surface area contributed by atoms with Crippen LogP contribution in [-0.4, -0.2) is 45.4 Å². The van der Waals surface area contributed by atoms with Gasteiger partial charge >= 0.3 is 6.61 Å². The number of hydrogen-bond acceptors (Lipinski definition) is 7. The average Bonchev–Trinajstić information content (AvgIpc) is 3.20. The van der Waals surface area contributed by atoms with Gasteiger partial charge in [-0.2, -0.15) is 8.78 Å². The second-order valence-corrected chi connectivity index (χ2v) is 7.87. The van der Waals surface area contributed by atoms with Crippen LogP contribution in [0.25, 0.3) is 10.6 Å². The summed E-state index contributed by atoms with van der Waals surface area (Å²) < 4.78 is 45.3. The fourth-order valence-corrected chi connectivity index (χ4v) is 4.14. The highest BCUT2D eigenvalue weighted by atomic mass is 32.1. The van der Waals surface area contributed by atoms with Crippen molar-refractivity contribution in [2.75, 3.05) is 27.9 Å². The lowest BCUT2D eigenvalue weighted by molar-refractivity contribution is -0.0512. The minimum atomic E-state index is -2.96. The standard InChI is InChI=1S/C23H24F2N2O5S/c1-13-20(33-22(27-13)15-6-8-16(29-2)18(12-15)31-4)21(28)26-10-9-14-5-7-17(30-3)19(11-14)32-23(24)25/h5-8,11-12,23H,9-10H2,1-4H3,(H,26,28). The lowest BCUT2D eigenvalue weighted by Gasteiger charge is -2.11. The van der Waals surface area contributed by atoms with Crippen LogP contribution in [0.3, 0.4) is 0 Å². The Balaban J connectivity index is 1.67. The average molecular weight is 479 g/mol. The first kappa shape index (κ1) is 24.2. The fraction of sp³-hybridized carbons (Fsp3) is 0.304. The lowest BCUT2D eigenvalue weighted by Crippen LogP contribution is -2.25. The van der Waals surface area contributed by atoms with Gasteiger partial charge < -0.3 is 24.3 Å². The van der Waals surface area contributed by atoms with E-state index >= 15 is 0 Å². The molecule has 0 atom stereocenters. The predicted molar refractivity (Wildman–Crippen MR) is 121 cm³/mol. The summed E-state index contributed by atoms with van der Waals surface area (Å²) in [5.74, 6) is 1.09. The van der Waals surface area contributed by atoms with E-state index in [1.165, 1.54) is 24.5 Å². The van der Waals surface area contributed by atoms with Crippen LogP contribution in [0.15, 0.2) is 36.4 Å². The maximum atomic E-state index is 12.7. The lowest BCUT2D eigenvalue weighted by atomic mass is 10.1. The van der Waals surface area contributed by atoms with Crippen molar-refractivity contribution >= 4 is 17.2 Å². The van der Waals surface area contributed by atoms with Crippen molar-refractivity contribution in [3.63, 3.8) is 0 Å². The van der Waals surface area contributed by atoms with Gasteiger partial charge in [-0.3, -0.25) is 4.79 Å². The van der Waals surface area contributed by atoms with Gasteiger partial charge in [0, 0.05) is 12.1 Å². The van der Waals surface area contributed by atoms with E-state index in [1.807, 2.05) is 12.1 Å². The molecular formula is C23H24F2N2O5S. The molecule has 0 radical (unpaired) electrons. The number of aryl methyl sites for hydroxylation is 1. The number of nitrogens with one attached hydrogen (secondary N) is 1. The molecular weight excluding hydrogens is 454 g/mol. The van der Waals surface area contributed by atoms with Gasteiger partial charge in [-0.25, -0.2) is 4.98 Å².